The molecule has 0 spiro atoms. The van der Waals surface area contributed by atoms with E-state index in [9.17, 15) is 9.50 Å². The van der Waals surface area contributed by atoms with E-state index in [0.717, 1.165) is 18.7 Å². The zero-order valence-corrected chi connectivity index (χ0v) is 11.1. The zero-order chi connectivity index (χ0) is 13.0. The van der Waals surface area contributed by atoms with Gasteiger partial charge >= 0.3 is 0 Å². The Bertz CT molecular complexity index is 363. The Balaban J connectivity index is 3.22. The van der Waals surface area contributed by atoms with Gasteiger partial charge in [0.25, 0.3) is 0 Å². The van der Waals surface area contributed by atoms with Crippen molar-refractivity contribution in [1.29, 1.82) is 0 Å². The zero-order valence-electron chi connectivity index (χ0n) is 11.1. The molecule has 0 aliphatic heterocycles. The maximum Gasteiger partial charge on any atom is 0.131 e. The standard InChI is InChI=1S/C14H22FNO/c1-5-9-16(10(2)3)13-8-6-7-12(15)14(13)11(4)17/h6-8,10-11,17H,5,9H2,1-4H3. The summed E-state index contributed by atoms with van der Waals surface area (Å²) in [5, 5.41) is 9.72. The van der Waals surface area contributed by atoms with E-state index in [-0.39, 0.29) is 11.9 Å². The molecule has 0 aliphatic rings. The molecule has 2 nitrogen and oxygen atoms in total. The van der Waals surface area contributed by atoms with E-state index in [0.29, 0.717) is 5.56 Å². The summed E-state index contributed by atoms with van der Waals surface area (Å²) in [4.78, 5) is 2.13. The second-order valence-corrected chi connectivity index (χ2v) is 4.64. The van der Waals surface area contributed by atoms with Crippen LogP contribution >= 0.6 is 0 Å². The third kappa shape index (κ3) is 3.19. The molecule has 1 aromatic rings. The van der Waals surface area contributed by atoms with Crippen LogP contribution < -0.4 is 4.90 Å². The average Bonchev–Trinajstić information content (AvgIpc) is 2.24. The lowest BCUT2D eigenvalue weighted by atomic mass is 10.0. The van der Waals surface area contributed by atoms with Crippen molar-refractivity contribution in [2.24, 2.45) is 0 Å². The van der Waals surface area contributed by atoms with Crippen LogP contribution in [0.4, 0.5) is 10.1 Å². The molecule has 0 heterocycles. The van der Waals surface area contributed by atoms with Crippen molar-refractivity contribution >= 4 is 5.69 Å². The highest BCUT2D eigenvalue weighted by molar-refractivity contribution is 5.55. The van der Waals surface area contributed by atoms with Crippen LogP contribution in [-0.4, -0.2) is 17.7 Å². The van der Waals surface area contributed by atoms with Crippen LogP contribution in [0.15, 0.2) is 18.2 Å². The van der Waals surface area contributed by atoms with E-state index in [1.54, 1.807) is 13.0 Å². The summed E-state index contributed by atoms with van der Waals surface area (Å²) in [5.41, 5.74) is 1.20. The van der Waals surface area contributed by atoms with E-state index in [4.69, 9.17) is 0 Å². The third-order valence-electron chi connectivity index (χ3n) is 2.84. The molecule has 0 aliphatic carbocycles. The summed E-state index contributed by atoms with van der Waals surface area (Å²) in [6.45, 7) is 8.71. The van der Waals surface area contributed by atoms with Gasteiger partial charge < -0.3 is 10.0 Å². The Hall–Kier alpha value is -1.09. The van der Waals surface area contributed by atoms with Crippen LogP contribution in [-0.2, 0) is 0 Å². The van der Waals surface area contributed by atoms with Gasteiger partial charge in [0.15, 0.2) is 0 Å². The predicted molar refractivity (Wildman–Crippen MR) is 69.8 cm³/mol. The molecule has 1 N–H and O–H groups in total. The Labute approximate surface area is 103 Å². The van der Waals surface area contributed by atoms with Gasteiger partial charge in [-0.1, -0.05) is 13.0 Å². The van der Waals surface area contributed by atoms with E-state index in [2.05, 4.69) is 25.7 Å². The second-order valence-electron chi connectivity index (χ2n) is 4.64. The number of hydrogen-bond donors (Lipinski definition) is 1. The molecule has 1 unspecified atom stereocenters. The molecule has 0 aromatic heterocycles. The highest BCUT2D eigenvalue weighted by Crippen LogP contribution is 2.30. The summed E-state index contributed by atoms with van der Waals surface area (Å²) < 4.78 is 13.8. The smallest absolute Gasteiger partial charge is 0.131 e. The molecule has 3 heteroatoms. The molecule has 0 radical (unpaired) electrons. The van der Waals surface area contributed by atoms with Gasteiger partial charge in [-0.2, -0.15) is 0 Å². The van der Waals surface area contributed by atoms with Crippen LogP contribution in [0, 0.1) is 5.82 Å². The summed E-state index contributed by atoms with van der Waals surface area (Å²) in [6.07, 6.45) is 0.206. The van der Waals surface area contributed by atoms with Gasteiger partial charge in [0, 0.05) is 23.8 Å². The molecule has 96 valence electrons. The van der Waals surface area contributed by atoms with E-state index < -0.39 is 6.10 Å². The van der Waals surface area contributed by atoms with Gasteiger partial charge in [0.1, 0.15) is 5.82 Å². The minimum Gasteiger partial charge on any atom is -0.389 e. The summed E-state index contributed by atoms with van der Waals surface area (Å²) in [6, 6.07) is 5.26. The number of halogens is 1. The Morgan fingerprint density at radius 1 is 1.29 bits per heavy atom. The van der Waals surface area contributed by atoms with Crippen molar-refractivity contribution in [2.75, 3.05) is 11.4 Å². The quantitative estimate of drug-likeness (QED) is 0.850. The fourth-order valence-electron chi connectivity index (χ4n) is 2.09. The molecular weight excluding hydrogens is 217 g/mol. The van der Waals surface area contributed by atoms with Crippen molar-refractivity contribution < 1.29 is 9.50 Å². The van der Waals surface area contributed by atoms with Crippen LogP contribution in [0.2, 0.25) is 0 Å². The lowest BCUT2D eigenvalue weighted by Crippen LogP contribution is -2.32. The van der Waals surface area contributed by atoms with Crippen LogP contribution in [0.25, 0.3) is 0 Å². The van der Waals surface area contributed by atoms with Gasteiger partial charge in [-0.25, -0.2) is 4.39 Å². The summed E-state index contributed by atoms with van der Waals surface area (Å²) in [5.74, 6) is -0.334. The van der Waals surface area contributed by atoms with Crippen molar-refractivity contribution in [3.05, 3.63) is 29.6 Å². The first-order chi connectivity index (χ1) is 7.99. The van der Waals surface area contributed by atoms with Gasteiger partial charge in [-0.15, -0.1) is 0 Å². The lowest BCUT2D eigenvalue weighted by molar-refractivity contribution is 0.194. The molecule has 0 saturated carbocycles. The van der Waals surface area contributed by atoms with Gasteiger partial charge in [-0.05, 0) is 39.3 Å². The first kappa shape index (κ1) is 14.0. The Morgan fingerprint density at radius 2 is 1.94 bits per heavy atom. The van der Waals surface area contributed by atoms with Crippen molar-refractivity contribution in [3.8, 4) is 0 Å². The maximum absolute atomic E-state index is 13.8. The normalized spacial score (nSPS) is 12.9. The Morgan fingerprint density at radius 3 is 2.41 bits per heavy atom. The number of rotatable bonds is 5. The molecule has 1 aromatic carbocycles. The average molecular weight is 239 g/mol. The maximum atomic E-state index is 13.8. The van der Waals surface area contributed by atoms with Crippen molar-refractivity contribution in [1.82, 2.24) is 0 Å². The molecule has 0 fully saturated rings. The van der Waals surface area contributed by atoms with Crippen LogP contribution in [0.1, 0.15) is 45.8 Å². The largest absolute Gasteiger partial charge is 0.389 e. The van der Waals surface area contributed by atoms with Crippen LogP contribution in [0.5, 0.6) is 0 Å². The van der Waals surface area contributed by atoms with E-state index >= 15 is 0 Å². The number of benzene rings is 1. The molecule has 1 rings (SSSR count). The fraction of sp³-hybridized carbons (Fsp3) is 0.571. The Kier molecular flexibility index (Phi) is 4.94. The van der Waals surface area contributed by atoms with Gasteiger partial charge in [0.05, 0.1) is 6.10 Å². The number of aliphatic hydroxyl groups is 1. The lowest BCUT2D eigenvalue weighted by Gasteiger charge is -2.31. The SMILES string of the molecule is CCCN(c1cccc(F)c1C(C)O)C(C)C. The van der Waals surface area contributed by atoms with Crippen molar-refractivity contribution in [3.63, 3.8) is 0 Å². The monoisotopic (exact) mass is 239 g/mol. The van der Waals surface area contributed by atoms with E-state index in [1.165, 1.54) is 6.07 Å². The predicted octanol–water partition coefficient (Wildman–Crippen LogP) is 3.50. The third-order valence-corrected chi connectivity index (χ3v) is 2.84. The molecule has 17 heavy (non-hydrogen) atoms. The molecule has 0 amide bonds. The summed E-state index contributed by atoms with van der Waals surface area (Å²) in [7, 11) is 0. The van der Waals surface area contributed by atoms with Gasteiger partial charge in [-0.3, -0.25) is 0 Å². The highest BCUT2D eigenvalue weighted by atomic mass is 19.1. The van der Waals surface area contributed by atoms with Crippen LogP contribution in [0.3, 0.4) is 0 Å². The highest BCUT2D eigenvalue weighted by Gasteiger charge is 2.19. The first-order valence-corrected chi connectivity index (χ1v) is 6.22. The number of anilines is 1. The molecule has 0 bridgehead atoms. The number of nitrogens with zero attached hydrogens (tertiary/aromatic N) is 1. The number of hydrogen-bond acceptors (Lipinski definition) is 2. The first-order valence-electron chi connectivity index (χ1n) is 6.22. The van der Waals surface area contributed by atoms with Gasteiger partial charge in [0.2, 0.25) is 0 Å². The van der Waals surface area contributed by atoms with E-state index in [1.807, 2.05) is 6.07 Å². The topological polar surface area (TPSA) is 23.5 Å². The van der Waals surface area contributed by atoms with Crippen molar-refractivity contribution in [2.45, 2.75) is 46.3 Å². The minimum atomic E-state index is -0.788. The second kappa shape index (κ2) is 6.01. The molecular formula is C14H22FNO. The molecule has 1 atom stereocenters. The molecule has 0 saturated heterocycles. The number of aliphatic hydroxyl groups excluding tert-OH is 1. The summed E-state index contributed by atoms with van der Waals surface area (Å²) >= 11 is 0. The minimum absolute atomic E-state index is 0.286. The fourth-order valence-corrected chi connectivity index (χ4v) is 2.09.